The molecule has 2 N–H and O–H groups in total. The molecule has 0 aliphatic carbocycles. The zero-order chi connectivity index (χ0) is 26.6. The summed E-state index contributed by atoms with van der Waals surface area (Å²) in [5.74, 6) is 5.31. The molecule has 37 heavy (non-hydrogen) atoms. The summed E-state index contributed by atoms with van der Waals surface area (Å²) in [7, 11) is 5.67. The van der Waals surface area contributed by atoms with Crippen molar-refractivity contribution in [2.75, 3.05) is 21.3 Å². The number of aryl methyl sites for hydroxylation is 1. The van der Waals surface area contributed by atoms with Gasteiger partial charge in [0.05, 0.1) is 34.1 Å². The third-order valence-corrected chi connectivity index (χ3v) is 5.71. The summed E-state index contributed by atoms with van der Waals surface area (Å²) in [5, 5.41) is 18.8. The lowest BCUT2D eigenvalue weighted by molar-refractivity contribution is -0.146. The van der Waals surface area contributed by atoms with Gasteiger partial charge in [0.15, 0.2) is 5.88 Å². The van der Waals surface area contributed by atoms with Crippen LogP contribution in [0, 0.1) is 11.8 Å². The number of fused-ring (bicyclic) bond motifs is 1. The van der Waals surface area contributed by atoms with E-state index in [1.54, 1.807) is 54.6 Å². The summed E-state index contributed by atoms with van der Waals surface area (Å²) in [6, 6.07) is 6.95. The van der Waals surface area contributed by atoms with Crippen LogP contribution in [-0.2, 0) is 27.9 Å². The second-order valence-corrected chi connectivity index (χ2v) is 8.16. The largest absolute Gasteiger partial charge is 0.497 e. The highest BCUT2D eigenvalue weighted by atomic mass is 16.5. The molecule has 3 aromatic heterocycles. The lowest BCUT2D eigenvalue weighted by Crippen LogP contribution is -2.56. The van der Waals surface area contributed by atoms with Gasteiger partial charge in [0.1, 0.15) is 5.75 Å². The molecule has 0 aliphatic rings. The van der Waals surface area contributed by atoms with Crippen LogP contribution in [-0.4, -0.2) is 63.4 Å². The molecule has 0 saturated carbocycles. The molecule has 0 bridgehead atoms. The fourth-order valence-electron chi connectivity index (χ4n) is 3.82. The van der Waals surface area contributed by atoms with Gasteiger partial charge < -0.3 is 23.9 Å². The first-order valence-corrected chi connectivity index (χ1v) is 11.1. The number of benzene rings is 1. The molecule has 0 aliphatic heterocycles. The van der Waals surface area contributed by atoms with E-state index in [9.17, 15) is 14.7 Å². The first-order chi connectivity index (χ1) is 17.8. The molecule has 11 heteroatoms. The van der Waals surface area contributed by atoms with Crippen molar-refractivity contribution >= 4 is 22.8 Å². The van der Waals surface area contributed by atoms with Crippen molar-refractivity contribution in [2.24, 2.45) is 7.05 Å². The second-order valence-electron chi connectivity index (χ2n) is 8.16. The van der Waals surface area contributed by atoms with Crippen molar-refractivity contribution in [3.05, 3.63) is 60.8 Å². The van der Waals surface area contributed by atoms with Crippen LogP contribution >= 0.6 is 0 Å². The van der Waals surface area contributed by atoms with Crippen molar-refractivity contribution < 1.29 is 28.9 Å². The maximum Gasteiger partial charge on any atom is 0.408 e. The number of ether oxygens (including phenoxy) is 3. The SMILES string of the molecule is COC(=O)N[C@](C#Cc1cncc(-c2cnn(C)c2)c1)(Cn1cc2ccc(OC)cc2c1O)C(=O)OC. The Hall–Kier alpha value is -4.98. The average molecular weight is 504 g/mol. The number of nitrogens with one attached hydrogen (secondary N) is 1. The van der Waals surface area contributed by atoms with Gasteiger partial charge in [-0.1, -0.05) is 11.8 Å². The minimum atomic E-state index is -1.91. The molecule has 0 unspecified atom stereocenters. The van der Waals surface area contributed by atoms with Gasteiger partial charge in [-0.05, 0) is 24.3 Å². The Bertz CT molecular complexity index is 1530. The van der Waals surface area contributed by atoms with Gasteiger partial charge in [-0.3, -0.25) is 15.0 Å². The molecule has 3 heterocycles. The number of alkyl carbamates (subject to hydrolysis) is 1. The summed E-state index contributed by atoms with van der Waals surface area (Å²) in [6.07, 6.45) is 7.45. The Kier molecular flexibility index (Phi) is 7.01. The smallest absolute Gasteiger partial charge is 0.408 e. The summed E-state index contributed by atoms with van der Waals surface area (Å²) >= 11 is 0. The van der Waals surface area contributed by atoms with Gasteiger partial charge in [-0.2, -0.15) is 5.10 Å². The van der Waals surface area contributed by atoms with Crippen molar-refractivity contribution in [1.29, 1.82) is 0 Å². The van der Waals surface area contributed by atoms with Gasteiger partial charge in [-0.25, -0.2) is 9.59 Å². The fourth-order valence-corrected chi connectivity index (χ4v) is 3.82. The standard InChI is InChI=1S/C26H25N5O6/c1-30-14-20(13-28-30)19-9-17(11-27-12-19)7-8-26(24(33)36-3,29-25(34)37-4)16-31-15-18-5-6-21(35-2)10-22(18)23(31)32/h5-6,9-15,32H,16H2,1-4H3,(H,29,34)/t26-/m1/s1. The average Bonchev–Trinajstić information content (AvgIpc) is 3.49. The number of carbonyl (C=O) groups is 2. The predicted molar refractivity (Wildman–Crippen MR) is 134 cm³/mol. The molecule has 0 radical (unpaired) electrons. The molecule has 1 amide bonds. The molecule has 4 rings (SSSR count). The van der Waals surface area contributed by atoms with Gasteiger partial charge in [-0.15, -0.1) is 0 Å². The molecule has 1 aromatic carbocycles. The number of aromatic nitrogens is 4. The van der Waals surface area contributed by atoms with Gasteiger partial charge in [0.25, 0.3) is 0 Å². The number of carbonyl (C=O) groups excluding carboxylic acids is 2. The highest BCUT2D eigenvalue weighted by molar-refractivity contribution is 5.91. The first kappa shape index (κ1) is 25.1. The second kappa shape index (κ2) is 10.3. The number of methoxy groups -OCH3 is 3. The van der Waals surface area contributed by atoms with E-state index in [-0.39, 0.29) is 12.4 Å². The zero-order valence-electron chi connectivity index (χ0n) is 20.7. The maximum atomic E-state index is 13.1. The van der Waals surface area contributed by atoms with Crippen LogP contribution in [0.4, 0.5) is 4.79 Å². The highest BCUT2D eigenvalue weighted by Crippen LogP contribution is 2.32. The lowest BCUT2D eigenvalue weighted by Gasteiger charge is -2.27. The monoisotopic (exact) mass is 503 g/mol. The Balaban J connectivity index is 1.80. The molecular formula is C26H25N5O6. The Morgan fingerprint density at radius 2 is 1.89 bits per heavy atom. The van der Waals surface area contributed by atoms with Crippen LogP contribution in [0.25, 0.3) is 21.9 Å². The fraction of sp³-hybridized carbons (Fsp3) is 0.231. The van der Waals surface area contributed by atoms with Crippen LogP contribution in [0.2, 0.25) is 0 Å². The van der Waals surface area contributed by atoms with Crippen LogP contribution in [0.3, 0.4) is 0 Å². The third-order valence-electron chi connectivity index (χ3n) is 5.71. The molecule has 0 fully saturated rings. The predicted octanol–water partition coefficient (Wildman–Crippen LogP) is 2.47. The van der Waals surface area contributed by atoms with Crippen LogP contribution in [0.15, 0.2) is 55.2 Å². The van der Waals surface area contributed by atoms with Crippen molar-refractivity contribution in [3.8, 4) is 34.6 Å². The van der Waals surface area contributed by atoms with Crippen LogP contribution in [0.5, 0.6) is 11.6 Å². The Labute approximate surface area is 212 Å². The molecular weight excluding hydrogens is 478 g/mol. The quantitative estimate of drug-likeness (QED) is 0.303. The summed E-state index contributed by atoms with van der Waals surface area (Å²) < 4.78 is 18.1. The third kappa shape index (κ3) is 5.18. The topological polar surface area (TPSA) is 130 Å². The van der Waals surface area contributed by atoms with E-state index in [4.69, 9.17) is 14.2 Å². The van der Waals surface area contributed by atoms with Crippen molar-refractivity contribution in [1.82, 2.24) is 24.6 Å². The number of aromatic hydroxyl groups is 1. The van der Waals surface area contributed by atoms with Gasteiger partial charge >= 0.3 is 12.1 Å². The molecule has 11 nitrogen and oxygen atoms in total. The lowest BCUT2D eigenvalue weighted by atomic mass is 9.99. The number of esters is 1. The number of amides is 1. The van der Waals surface area contributed by atoms with Crippen LogP contribution in [0.1, 0.15) is 5.56 Å². The normalized spacial score (nSPS) is 12.2. The number of hydrogen-bond acceptors (Lipinski definition) is 8. The van der Waals surface area contributed by atoms with Crippen LogP contribution < -0.4 is 10.1 Å². The molecule has 0 saturated heterocycles. The van der Waals surface area contributed by atoms with E-state index in [0.717, 1.165) is 11.1 Å². The molecule has 190 valence electrons. The Morgan fingerprint density at radius 1 is 1.08 bits per heavy atom. The van der Waals surface area contributed by atoms with E-state index < -0.39 is 17.6 Å². The summed E-state index contributed by atoms with van der Waals surface area (Å²) in [6.45, 7) is -0.277. The van der Waals surface area contributed by atoms with E-state index in [2.05, 4.69) is 27.2 Å². The summed E-state index contributed by atoms with van der Waals surface area (Å²) in [4.78, 5) is 29.6. The number of pyridine rings is 1. The van der Waals surface area contributed by atoms with E-state index in [1.807, 2.05) is 6.20 Å². The molecule has 4 aromatic rings. The molecule has 1 atom stereocenters. The van der Waals surface area contributed by atoms with Gasteiger partial charge in [0.2, 0.25) is 5.54 Å². The van der Waals surface area contributed by atoms with Crippen molar-refractivity contribution in [3.63, 3.8) is 0 Å². The molecule has 0 spiro atoms. The van der Waals surface area contributed by atoms with Gasteiger partial charge in [0, 0.05) is 59.3 Å². The minimum Gasteiger partial charge on any atom is -0.497 e. The number of nitrogens with zero attached hydrogens (tertiary/aromatic N) is 4. The van der Waals surface area contributed by atoms with E-state index in [0.29, 0.717) is 22.1 Å². The van der Waals surface area contributed by atoms with Crippen molar-refractivity contribution in [2.45, 2.75) is 12.1 Å². The van der Waals surface area contributed by atoms with E-state index >= 15 is 0 Å². The Morgan fingerprint density at radius 3 is 2.57 bits per heavy atom. The minimum absolute atomic E-state index is 0.143. The highest BCUT2D eigenvalue weighted by Gasteiger charge is 2.41. The zero-order valence-corrected chi connectivity index (χ0v) is 20.7. The van der Waals surface area contributed by atoms with E-state index in [1.165, 1.54) is 32.1 Å². The summed E-state index contributed by atoms with van der Waals surface area (Å²) in [5.41, 5.74) is 0.175. The first-order valence-electron chi connectivity index (χ1n) is 11.1. The maximum absolute atomic E-state index is 13.1. The number of rotatable bonds is 6. The number of hydrogen-bond donors (Lipinski definition) is 2.